The molecule has 0 N–H and O–H groups in total. The van der Waals surface area contributed by atoms with Crippen molar-refractivity contribution in [3.63, 3.8) is 0 Å². The lowest BCUT2D eigenvalue weighted by Gasteiger charge is -2.29. The Hall–Kier alpha value is -2.72. The molecule has 1 saturated carbocycles. The summed E-state index contributed by atoms with van der Waals surface area (Å²) in [5.41, 5.74) is 2.65. The van der Waals surface area contributed by atoms with Gasteiger partial charge in [0, 0.05) is 17.0 Å². The number of carbonyl (C=O) groups excluding carboxylic acids is 1. The number of Topliss-reactive ketones (excluding diaryl/α,β-unsaturated/α-hetero) is 1. The summed E-state index contributed by atoms with van der Waals surface area (Å²) in [5.74, 6) is -0.629. The van der Waals surface area contributed by atoms with Gasteiger partial charge in [0.2, 0.25) is 0 Å². The highest BCUT2D eigenvalue weighted by Gasteiger charge is 2.48. The number of rotatable bonds is 7. The van der Waals surface area contributed by atoms with E-state index >= 15 is 4.39 Å². The molecule has 1 aliphatic rings. The van der Waals surface area contributed by atoms with Gasteiger partial charge < -0.3 is 0 Å². The topological polar surface area (TPSA) is 29.4 Å². The van der Waals surface area contributed by atoms with Crippen LogP contribution in [0.3, 0.4) is 0 Å². The van der Waals surface area contributed by atoms with Crippen molar-refractivity contribution in [2.75, 3.05) is 0 Å². The van der Waals surface area contributed by atoms with Crippen molar-refractivity contribution in [2.45, 2.75) is 38.3 Å². The number of benzene rings is 3. The summed E-state index contributed by atoms with van der Waals surface area (Å²) in [5, 5.41) is 0. The summed E-state index contributed by atoms with van der Waals surface area (Å²) in [7, 11) is 0. The number of alkyl halides is 1. The first-order valence-electron chi connectivity index (χ1n) is 10.5. The van der Waals surface area contributed by atoms with Crippen molar-refractivity contribution in [1.29, 1.82) is 0 Å². The molecule has 31 heavy (non-hydrogen) atoms. The molecule has 4 heteroatoms. The van der Waals surface area contributed by atoms with Gasteiger partial charge in [-0.15, -0.1) is 0 Å². The minimum absolute atomic E-state index is 0. The Bertz CT molecular complexity index is 1020. The molecule has 2 atom stereocenters. The van der Waals surface area contributed by atoms with Crippen molar-refractivity contribution in [3.8, 4) is 0 Å². The van der Waals surface area contributed by atoms with E-state index in [1.807, 2.05) is 84.9 Å². The van der Waals surface area contributed by atoms with Crippen molar-refractivity contribution in [2.24, 2.45) is 10.9 Å². The summed E-state index contributed by atoms with van der Waals surface area (Å²) in [6.07, 6.45) is 1.93. The zero-order valence-corrected chi connectivity index (χ0v) is 18.9. The van der Waals surface area contributed by atoms with E-state index in [9.17, 15) is 4.79 Å². The lowest BCUT2D eigenvalue weighted by atomic mass is 9.79. The van der Waals surface area contributed by atoms with E-state index in [0.717, 1.165) is 40.9 Å². The van der Waals surface area contributed by atoms with Crippen LogP contribution in [-0.2, 0) is 4.79 Å². The Kier molecular flexibility index (Phi) is 7.11. The molecule has 0 aliphatic heterocycles. The first kappa shape index (κ1) is 23.0. The molecule has 2 nitrogen and oxygen atoms in total. The molecule has 0 aromatic heterocycles. The third-order valence-electron chi connectivity index (χ3n) is 5.93. The van der Waals surface area contributed by atoms with Gasteiger partial charge >= 0.3 is 0 Å². The maximum Gasteiger partial charge on any atom is 0.172 e. The summed E-state index contributed by atoms with van der Waals surface area (Å²) in [6, 6.07) is 27.8. The van der Waals surface area contributed by atoms with Gasteiger partial charge in [-0.25, -0.2) is 9.38 Å². The summed E-state index contributed by atoms with van der Waals surface area (Å²) in [6.45, 7) is 2.77. The Morgan fingerprint density at radius 2 is 1.48 bits per heavy atom. The van der Waals surface area contributed by atoms with Crippen LogP contribution in [0.4, 0.5) is 10.1 Å². The highest BCUT2D eigenvalue weighted by Crippen LogP contribution is 2.50. The molecule has 0 spiro atoms. The number of nitrogens with zero attached hydrogens (tertiary/aromatic N) is 1. The predicted molar refractivity (Wildman–Crippen MR) is 131 cm³/mol. The third-order valence-corrected chi connectivity index (χ3v) is 5.93. The second-order valence-electron chi connectivity index (χ2n) is 8.23. The largest absolute Gasteiger partial charge is 0.296 e. The first-order valence-corrected chi connectivity index (χ1v) is 10.5. The van der Waals surface area contributed by atoms with E-state index in [4.69, 9.17) is 4.99 Å². The van der Waals surface area contributed by atoms with Gasteiger partial charge in [-0.3, -0.25) is 4.79 Å². The molecule has 1 unspecified atom stereocenters. The van der Waals surface area contributed by atoms with Crippen molar-refractivity contribution in [1.82, 2.24) is 0 Å². The highest BCUT2D eigenvalue weighted by molar-refractivity contribution is 7.59. The van der Waals surface area contributed by atoms with Crippen LogP contribution < -0.4 is 0 Å². The van der Waals surface area contributed by atoms with Crippen LogP contribution in [-0.4, -0.2) is 17.2 Å². The summed E-state index contributed by atoms with van der Waals surface area (Å²) >= 11 is 0. The van der Waals surface area contributed by atoms with E-state index in [1.165, 1.54) is 13.8 Å². The molecule has 0 radical (unpaired) electrons. The Morgan fingerprint density at radius 1 is 0.935 bits per heavy atom. The SMILES string of the molecule is CC(=O)C(C)(F)[C@H](c1cccc(N=C(c2ccccc2)c2ccccc2)c1)C1CC1.S. The van der Waals surface area contributed by atoms with Gasteiger partial charge in [-0.2, -0.15) is 13.5 Å². The smallest absolute Gasteiger partial charge is 0.172 e. The highest BCUT2D eigenvalue weighted by atomic mass is 32.1. The van der Waals surface area contributed by atoms with E-state index in [1.54, 1.807) is 0 Å². The molecule has 0 saturated heterocycles. The van der Waals surface area contributed by atoms with Crippen LogP contribution in [0.5, 0.6) is 0 Å². The maximum absolute atomic E-state index is 15.4. The first-order chi connectivity index (χ1) is 14.5. The third kappa shape index (κ3) is 5.13. The van der Waals surface area contributed by atoms with Crippen molar-refractivity contribution >= 4 is 30.7 Å². The van der Waals surface area contributed by atoms with Gasteiger partial charge in [0.15, 0.2) is 11.5 Å². The molecule has 0 bridgehead atoms. The minimum Gasteiger partial charge on any atom is -0.296 e. The summed E-state index contributed by atoms with van der Waals surface area (Å²) < 4.78 is 15.4. The van der Waals surface area contributed by atoms with Crippen molar-refractivity contribution < 1.29 is 9.18 Å². The Balaban J connectivity index is 0.00000272. The molecule has 0 heterocycles. The monoisotopic (exact) mass is 433 g/mol. The second kappa shape index (κ2) is 9.61. The molecule has 3 aromatic rings. The Labute approximate surface area is 190 Å². The minimum atomic E-state index is -1.87. The van der Waals surface area contributed by atoms with Crippen LogP contribution >= 0.6 is 13.5 Å². The van der Waals surface area contributed by atoms with Crippen LogP contribution in [0, 0.1) is 5.92 Å². The fourth-order valence-corrected chi connectivity index (χ4v) is 4.08. The number of halogens is 1. The second-order valence-corrected chi connectivity index (χ2v) is 8.23. The van der Waals surface area contributed by atoms with E-state index in [2.05, 4.69) is 0 Å². The molecular weight excluding hydrogens is 405 g/mol. The maximum atomic E-state index is 15.4. The molecule has 160 valence electrons. The van der Waals surface area contributed by atoms with Gasteiger partial charge in [-0.1, -0.05) is 72.8 Å². The lowest BCUT2D eigenvalue weighted by Crippen LogP contribution is -2.36. The zero-order valence-electron chi connectivity index (χ0n) is 17.9. The molecular formula is C27H28FNOS. The van der Waals surface area contributed by atoms with Gasteiger partial charge in [0.05, 0.1) is 11.4 Å². The number of aliphatic imine (C=N–C) groups is 1. The quantitative estimate of drug-likeness (QED) is 0.378. The van der Waals surface area contributed by atoms with Crippen LogP contribution in [0.25, 0.3) is 0 Å². The summed E-state index contributed by atoms with van der Waals surface area (Å²) in [4.78, 5) is 17.0. The standard InChI is InChI=1S/C27H26FNO.H2S/c1-19(30)27(2,28)25(20-16-17-20)23-14-9-15-24(18-23)29-26(21-10-5-3-6-11-21)22-12-7-4-8-13-22;/h3-15,18,20,25H,16-17H2,1-2H3;1H2/t25-,27?;/m0./s1. The van der Waals surface area contributed by atoms with E-state index in [-0.39, 0.29) is 19.4 Å². The fraction of sp³-hybridized carbons (Fsp3) is 0.259. The Morgan fingerprint density at radius 3 is 1.97 bits per heavy atom. The average Bonchev–Trinajstić information content (AvgIpc) is 3.58. The van der Waals surface area contributed by atoms with E-state index in [0.29, 0.717) is 0 Å². The number of carbonyl (C=O) groups is 1. The van der Waals surface area contributed by atoms with Gasteiger partial charge in [-0.05, 0) is 50.3 Å². The van der Waals surface area contributed by atoms with Crippen LogP contribution in [0.1, 0.15) is 49.3 Å². The molecule has 0 amide bonds. The fourth-order valence-electron chi connectivity index (χ4n) is 4.08. The number of ketones is 1. The molecule has 1 aliphatic carbocycles. The van der Waals surface area contributed by atoms with Crippen LogP contribution in [0.2, 0.25) is 0 Å². The van der Waals surface area contributed by atoms with Gasteiger partial charge in [0.1, 0.15) is 0 Å². The molecule has 4 rings (SSSR count). The number of hydrogen-bond donors (Lipinski definition) is 0. The van der Waals surface area contributed by atoms with Crippen LogP contribution in [0.15, 0.2) is 89.9 Å². The van der Waals surface area contributed by atoms with Crippen molar-refractivity contribution in [3.05, 3.63) is 102 Å². The zero-order chi connectivity index (χ0) is 21.1. The lowest BCUT2D eigenvalue weighted by molar-refractivity contribution is -0.129. The number of hydrogen-bond acceptors (Lipinski definition) is 2. The van der Waals surface area contributed by atoms with Gasteiger partial charge in [0.25, 0.3) is 0 Å². The molecule has 3 aromatic carbocycles. The van der Waals surface area contributed by atoms with E-state index < -0.39 is 17.4 Å². The predicted octanol–water partition coefficient (Wildman–Crippen LogP) is 6.78. The average molecular weight is 434 g/mol. The normalized spacial score (nSPS) is 15.8. The molecule has 1 fully saturated rings.